The van der Waals surface area contributed by atoms with Crippen molar-refractivity contribution in [2.45, 2.75) is 19.9 Å². The molecule has 5 N–H and O–H groups in total. The van der Waals surface area contributed by atoms with Gasteiger partial charge in [-0.05, 0) is 19.4 Å². The summed E-state index contributed by atoms with van der Waals surface area (Å²) in [5, 5.41) is 20.6. The number of phenols is 1. The molecule has 0 radical (unpaired) electrons. The van der Waals surface area contributed by atoms with E-state index in [0.717, 1.165) is 0 Å². The van der Waals surface area contributed by atoms with E-state index < -0.39 is 11.0 Å². The fraction of sp³-hybridized carbons (Fsp3) is 0.400. The van der Waals surface area contributed by atoms with Crippen LogP contribution in [-0.2, 0) is 0 Å². The Bertz CT molecular complexity index is 432. The van der Waals surface area contributed by atoms with E-state index in [2.05, 4.69) is 0 Å². The van der Waals surface area contributed by atoms with Crippen molar-refractivity contribution in [2.24, 2.45) is 11.5 Å². The molecule has 0 aromatic heterocycles. The molecule has 0 fully saturated rings. The van der Waals surface area contributed by atoms with E-state index in [1.165, 1.54) is 6.07 Å². The van der Waals surface area contributed by atoms with Crippen molar-refractivity contribution in [3.63, 3.8) is 0 Å². The largest absolute Gasteiger partial charge is 0.507 e. The Balaban J connectivity index is 3.51. The van der Waals surface area contributed by atoms with Gasteiger partial charge >= 0.3 is 0 Å². The fourth-order valence-electron chi connectivity index (χ4n) is 1.67. The Labute approximate surface area is 93.0 Å². The lowest BCUT2D eigenvalue weighted by atomic mass is 9.96. The number of nitrogens with zero attached hydrogens (tertiary/aromatic N) is 1. The SMILES string of the molecule is Cc1cc([N+](=O)[O-])c(C)c([C@@H](N)CN)c1O. The Morgan fingerprint density at radius 1 is 1.56 bits per heavy atom. The number of benzene rings is 1. The average molecular weight is 225 g/mol. The number of nitro benzene ring substituents is 1. The molecule has 1 atom stereocenters. The van der Waals surface area contributed by atoms with Gasteiger partial charge in [0.15, 0.2) is 0 Å². The van der Waals surface area contributed by atoms with Gasteiger partial charge in [-0.15, -0.1) is 0 Å². The molecule has 0 amide bonds. The van der Waals surface area contributed by atoms with Gasteiger partial charge in [-0.2, -0.15) is 0 Å². The van der Waals surface area contributed by atoms with Crippen LogP contribution in [0, 0.1) is 24.0 Å². The van der Waals surface area contributed by atoms with Gasteiger partial charge in [-0.25, -0.2) is 0 Å². The predicted octanol–water partition coefficient (Wildman–Crippen LogP) is 0.876. The predicted molar refractivity (Wildman–Crippen MR) is 60.2 cm³/mol. The summed E-state index contributed by atoms with van der Waals surface area (Å²) in [5.74, 6) is -0.0129. The summed E-state index contributed by atoms with van der Waals surface area (Å²) in [6, 6.07) is 0.732. The molecule has 0 bridgehead atoms. The van der Waals surface area contributed by atoms with Crippen LogP contribution in [0.2, 0.25) is 0 Å². The molecule has 6 nitrogen and oxygen atoms in total. The number of nitrogens with two attached hydrogens (primary N) is 2. The Kier molecular flexibility index (Phi) is 3.46. The zero-order valence-corrected chi connectivity index (χ0v) is 9.23. The average Bonchev–Trinajstić information content (AvgIpc) is 2.22. The van der Waals surface area contributed by atoms with Crippen molar-refractivity contribution in [2.75, 3.05) is 6.54 Å². The van der Waals surface area contributed by atoms with Crippen molar-refractivity contribution >= 4 is 5.69 Å². The summed E-state index contributed by atoms with van der Waals surface area (Å²) in [5.41, 5.74) is 12.2. The van der Waals surface area contributed by atoms with E-state index in [4.69, 9.17) is 11.5 Å². The minimum atomic E-state index is -0.599. The van der Waals surface area contributed by atoms with Crippen LogP contribution < -0.4 is 11.5 Å². The molecule has 0 unspecified atom stereocenters. The number of rotatable bonds is 3. The zero-order valence-electron chi connectivity index (χ0n) is 9.23. The van der Waals surface area contributed by atoms with E-state index in [-0.39, 0.29) is 18.0 Å². The maximum atomic E-state index is 10.8. The van der Waals surface area contributed by atoms with Crippen molar-refractivity contribution in [3.05, 3.63) is 32.9 Å². The highest BCUT2D eigenvalue weighted by atomic mass is 16.6. The van der Waals surface area contributed by atoms with Crippen LogP contribution in [0.3, 0.4) is 0 Å². The Hall–Kier alpha value is -1.66. The van der Waals surface area contributed by atoms with Gasteiger partial charge in [-0.1, -0.05) is 0 Å². The maximum absolute atomic E-state index is 10.8. The molecule has 1 aromatic rings. The van der Waals surface area contributed by atoms with Gasteiger partial charge in [0.2, 0.25) is 0 Å². The van der Waals surface area contributed by atoms with Crippen LogP contribution in [0.5, 0.6) is 5.75 Å². The summed E-state index contributed by atoms with van der Waals surface area (Å²) in [4.78, 5) is 10.3. The molecule has 6 heteroatoms. The highest BCUT2D eigenvalue weighted by Crippen LogP contribution is 2.35. The van der Waals surface area contributed by atoms with Gasteiger partial charge in [0.25, 0.3) is 5.69 Å². The van der Waals surface area contributed by atoms with E-state index in [1.807, 2.05) is 0 Å². The number of hydrogen-bond acceptors (Lipinski definition) is 5. The second kappa shape index (κ2) is 4.46. The third kappa shape index (κ3) is 1.98. The monoisotopic (exact) mass is 225 g/mol. The quantitative estimate of drug-likeness (QED) is 0.521. The lowest BCUT2D eigenvalue weighted by Gasteiger charge is -2.16. The summed E-state index contributed by atoms with van der Waals surface area (Å²) in [6.45, 7) is 3.27. The van der Waals surface area contributed by atoms with E-state index in [0.29, 0.717) is 16.7 Å². The van der Waals surface area contributed by atoms with Gasteiger partial charge < -0.3 is 16.6 Å². The van der Waals surface area contributed by atoms with Crippen LogP contribution >= 0.6 is 0 Å². The molecule has 0 aliphatic carbocycles. The second-order valence-corrected chi connectivity index (χ2v) is 3.70. The molecule has 1 rings (SSSR count). The molecule has 0 saturated carbocycles. The highest BCUT2D eigenvalue weighted by molar-refractivity contribution is 5.56. The van der Waals surface area contributed by atoms with Crippen molar-refractivity contribution < 1.29 is 10.0 Å². The van der Waals surface area contributed by atoms with E-state index in [9.17, 15) is 15.2 Å². The van der Waals surface area contributed by atoms with Crippen LogP contribution in [-0.4, -0.2) is 16.6 Å². The zero-order chi connectivity index (χ0) is 12.5. The van der Waals surface area contributed by atoms with Gasteiger partial charge in [0.1, 0.15) is 5.75 Å². The number of nitro groups is 1. The maximum Gasteiger partial charge on any atom is 0.273 e. The van der Waals surface area contributed by atoms with E-state index >= 15 is 0 Å². The molecule has 0 aliphatic rings. The Morgan fingerprint density at radius 3 is 2.56 bits per heavy atom. The van der Waals surface area contributed by atoms with Crippen LogP contribution in [0.1, 0.15) is 22.7 Å². The molecule has 0 heterocycles. The third-order valence-electron chi connectivity index (χ3n) is 2.59. The van der Waals surface area contributed by atoms with E-state index in [1.54, 1.807) is 13.8 Å². The van der Waals surface area contributed by atoms with Crippen molar-refractivity contribution in [1.29, 1.82) is 0 Å². The molecule has 0 spiro atoms. The standard InChI is InChI=1S/C10H15N3O3/c1-5-3-8(13(15)16)6(2)9(10(5)14)7(12)4-11/h3,7,14H,4,11-12H2,1-2H3/t7-/m0/s1. The highest BCUT2D eigenvalue weighted by Gasteiger charge is 2.22. The third-order valence-corrected chi connectivity index (χ3v) is 2.59. The summed E-state index contributed by atoms with van der Waals surface area (Å²) >= 11 is 0. The smallest absolute Gasteiger partial charge is 0.273 e. The van der Waals surface area contributed by atoms with Crippen LogP contribution in [0.4, 0.5) is 5.69 Å². The second-order valence-electron chi connectivity index (χ2n) is 3.70. The minimum absolute atomic E-state index is 0.0129. The molecule has 0 saturated heterocycles. The molecular formula is C10H15N3O3. The first kappa shape index (κ1) is 12.4. The number of phenolic OH excluding ortho intramolecular Hbond substituents is 1. The number of hydrogen-bond donors (Lipinski definition) is 3. The summed E-state index contributed by atoms with van der Waals surface area (Å²) < 4.78 is 0. The van der Waals surface area contributed by atoms with Gasteiger partial charge in [0, 0.05) is 29.8 Å². The normalized spacial score (nSPS) is 12.5. The van der Waals surface area contributed by atoms with Crippen molar-refractivity contribution in [3.8, 4) is 5.75 Å². The first-order valence-corrected chi connectivity index (χ1v) is 4.83. The number of aromatic hydroxyl groups is 1. The van der Waals surface area contributed by atoms with Gasteiger partial charge in [0.05, 0.1) is 4.92 Å². The lowest BCUT2D eigenvalue weighted by molar-refractivity contribution is -0.385. The Morgan fingerprint density at radius 2 is 2.12 bits per heavy atom. The molecule has 88 valence electrons. The number of aryl methyl sites for hydroxylation is 1. The van der Waals surface area contributed by atoms with Crippen molar-refractivity contribution in [1.82, 2.24) is 0 Å². The van der Waals surface area contributed by atoms with Crippen LogP contribution in [0.15, 0.2) is 6.07 Å². The molecule has 0 aliphatic heterocycles. The first-order chi connectivity index (χ1) is 7.40. The van der Waals surface area contributed by atoms with Gasteiger partial charge in [-0.3, -0.25) is 10.1 Å². The molecule has 1 aromatic carbocycles. The topological polar surface area (TPSA) is 115 Å². The first-order valence-electron chi connectivity index (χ1n) is 4.83. The minimum Gasteiger partial charge on any atom is -0.507 e. The fourth-order valence-corrected chi connectivity index (χ4v) is 1.67. The summed E-state index contributed by atoms with van der Waals surface area (Å²) in [6.07, 6.45) is 0. The lowest BCUT2D eigenvalue weighted by Crippen LogP contribution is -2.22. The molecule has 16 heavy (non-hydrogen) atoms. The summed E-state index contributed by atoms with van der Waals surface area (Å²) in [7, 11) is 0. The molecular weight excluding hydrogens is 210 g/mol. The van der Waals surface area contributed by atoms with Crippen LogP contribution in [0.25, 0.3) is 0 Å².